The number of ether oxygens (including phenoxy) is 1. The molecule has 21 heavy (non-hydrogen) atoms. The fourth-order valence-electron chi connectivity index (χ4n) is 2.80. The molecule has 0 bridgehead atoms. The molecule has 1 aliphatic heterocycles. The third kappa shape index (κ3) is 5.38. The Morgan fingerprint density at radius 2 is 2.00 bits per heavy atom. The number of benzene rings is 1. The third-order valence-electron chi connectivity index (χ3n) is 3.97. The summed E-state index contributed by atoms with van der Waals surface area (Å²) >= 11 is 0. The van der Waals surface area contributed by atoms with E-state index >= 15 is 0 Å². The van der Waals surface area contributed by atoms with E-state index in [0.29, 0.717) is 6.42 Å². The summed E-state index contributed by atoms with van der Waals surface area (Å²) in [6.45, 7) is 4.28. The van der Waals surface area contributed by atoms with E-state index in [9.17, 15) is 4.79 Å². The van der Waals surface area contributed by atoms with Gasteiger partial charge in [-0.15, -0.1) is 0 Å². The van der Waals surface area contributed by atoms with Gasteiger partial charge >= 0.3 is 0 Å². The quantitative estimate of drug-likeness (QED) is 0.783. The smallest absolute Gasteiger partial charge is 0.224 e. The van der Waals surface area contributed by atoms with Gasteiger partial charge in [0.2, 0.25) is 5.91 Å². The van der Waals surface area contributed by atoms with Gasteiger partial charge in [0, 0.05) is 12.1 Å². The van der Waals surface area contributed by atoms with Crippen molar-refractivity contribution in [1.82, 2.24) is 10.2 Å². The molecule has 0 unspecified atom stereocenters. The summed E-state index contributed by atoms with van der Waals surface area (Å²) in [4.78, 5) is 14.4. The van der Waals surface area contributed by atoms with Crippen LogP contribution in [0.2, 0.25) is 0 Å². The van der Waals surface area contributed by atoms with Gasteiger partial charge in [-0.25, -0.2) is 0 Å². The van der Waals surface area contributed by atoms with Crippen molar-refractivity contribution in [3.8, 4) is 5.75 Å². The van der Waals surface area contributed by atoms with Crippen LogP contribution in [0.5, 0.6) is 5.75 Å². The van der Waals surface area contributed by atoms with Gasteiger partial charge in [-0.2, -0.15) is 0 Å². The van der Waals surface area contributed by atoms with E-state index in [-0.39, 0.29) is 5.91 Å². The average Bonchev–Trinajstić information content (AvgIpc) is 2.53. The molecule has 0 saturated carbocycles. The number of carbonyl (C=O) groups is 1. The van der Waals surface area contributed by atoms with Crippen molar-refractivity contribution in [1.29, 1.82) is 0 Å². The van der Waals surface area contributed by atoms with Crippen molar-refractivity contribution in [2.45, 2.75) is 32.1 Å². The van der Waals surface area contributed by atoms with Crippen molar-refractivity contribution < 1.29 is 9.53 Å². The molecule has 116 valence electrons. The van der Waals surface area contributed by atoms with Crippen molar-refractivity contribution in [2.24, 2.45) is 0 Å². The van der Waals surface area contributed by atoms with Gasteiger partial charge in [0.25, 0.3) is 0 Å². The first-order valence-corrected chi connectivity index (χ1v) is 7.90. The summed E-state index contributed by atoms with van der Waals surface area (Å²) in [6, 6.07) is 7.67. The number of hydrogen-bond donors (Lipinski definition) is 1. The van der Waals surface area contributed by atoms with Crippen LogP contribution in [0.4, 0.5) is 0 Å². The van der Waals surface area contributed by atoms with Gasteiger partial charge in [-0.1, -0.05) is 24.6 Å². The molecule has 2 rings (SSSR count). The second-order valence-electron chi connectivity index (χ2n) is 5.59. The number of piperidine rings is 1. The lowest BCUT2D eigenvalue weighted by Crippen LogP contribution is -2.33. The fraction of sp³-hybridized carbons (Fsp3) is 0.588. The maximum absolute atomic E-state index is 12.0. The zero-order valence-electron chi connectivity index (χ0n) is 12.9. The lowest BCUT2D eigenvalue weighted by Gasteiger charge is -2.26. The number of amides is 1. The van der Waals surface area contributed by atoms with Crippen LogP contribution >= 0.6 is 0 Å². The van der Waals surface area contributed by atoms with Crippen LogP contribution < -0.4 is 10.1 Å². The van der Waals surface area contributed by atoms with Crippen molar-refractivity contribution >= 4 is 5.91 Å². The van der Waals surface area contributed by atoms with Crippen LogP contribution in [0.25, 0.3) is 0 Å². The molecule has 1 amide bonds. The maximum atomic E-state index is 12.0. The maximum Gasteiger partial charge on any atom is 0.224 e. The minimum atomic E-state index is 0.0677. The molecule has 4 heteroatoms. The number of nitrogens with one attached hydrogen (secondary N) is 1. The van der Waals surface area contributed by atoms with E-state index in [1.807, 2.05) is 24.3 Å². The van der Waals surface area contributed by atoms with Crippen LogP contribution in [0.15, 0.2) is 24.3 Å². The number of likely N-dealkylation sites (tertiary alicyclic amines) is 1. The van der Waals surface area contributed by atoms with Crippen LogP contribution in [0, 0.1) is 0 Å². The van der Waals surface area contributed by atoms with Crippen LogP contribution in [0.3, 0.4) is 0 Å². The highest BCUT2D eigenvalue weighted by molar-refractivity contribution is 5.79. The molecule has 1 heterocycles. The van der Waals surface area contributed by atoms with E-state index in [2.05, 4.69) is 10.2 Å². The monoisotopic (exact) mass is 290 g/mol. The molecule has 1 aliphatic rings. The van der Waals surface area contributed by atoms with E-state index in [4.69, 9.17) is 4.74 Å². The second-order valence-corrected chi connectivity index (χ2v) is 5.59. The normalized spacial score (nSPS) is 15.7. The van der Waals surface area contributed by atoms with E-state index in [1.165, 1.54) is 32.4 Å². The van der Waals surface area contributed by atoms with Gasteiger partial charge in [0.05, 0.1) is 13.5 Å². The lowest BCUT2D eigenvalue weighted by atomic mass is 10.1. The molecule has 4 nitrogen and oxygen atoms in total. The Balaban J connectivity index is 1.65. The predicted molar refractivity (Wildman–Crippen MR) is 84.6 cm³/mol. The first-order valence-electron chi connectivity index (χ1n) is 7.90. The van der Waals surface area contributed by atoms with E-state index < -0.39 is 0 Å². The van der Waals surface area contributed by atoms with Crippen LogP contribution in [-0.4, -0.2) is 44.1 Å². The number of para-hydroxylation sites is 1. The summed E-state index contributed by atoms with van der Waals surface area (Å²) < 4.78 is 5.26. The Hall–Kier alpha value is -1.55. The first-order chi connectivity index (χ1) is 10.3. The van der Waals surface area contributed by atoms with E-state index in [0.717, 1.165) is 30.8 Å². The first kappa shape index (κ1) is 15.8. The minimum Gasteiger partial charge on any atom is -0.496 e. The summed E-state index contributed by atoms with van der Waals surface area (Å²) in [6.07, 6.45) is 5.41. The molecule has 0 radical (unpaired) electrons. The largest absolute Gasteiger partial charge is 0.496 e. The Labute approximate surface area is 127 Å². The second kappa shape index (κ2) is 8.67. The summed E-state index contributed by atoms with van der Waals surface area (Å²) in [5.41, 5.74) is 0.938. The molecule has 0 aromatic heterocycles. The zero-order valence-corrected chi connectivity index (χ0v) is 12.9. The highest BCUT2D eigenvalue weighted by atomic mass is 16.5. The van der Waals surface area contributed by atoms with Crippen LogP contribution in [-0.2, 0) is 11.2 Å². The molecular weight excluding hydrogens is 264 g/mol. The lowest BCUT2D eigenvalue weighted by molar-refractivity contribution is -0.120. The van der Waals surface area contributed by atoms with Gasteiger partial charge in [-0.3, -0.25) is 4.79 Å². The summed E-state index contributed by atoms with van der Waals surface area (Å²) in [7, 11) is 1.63. The number of rotatable bonds is 7. The Morgan fingerprint density at radius 1 is 1.24 bits per heavy atom. The number of hydrogen-bond acceptors (Lipinski definition) is 3. The van der Waals surface area contributed by atoms with Crippen LogP contribution in [0.1, 0.15) is 31.2 Å². The highest BCUT2D eigenvalue weighted by Gasteiger charge is 2.10. The molecule has 1 aromatic rings. The zero-order chi connectivity index (χ0) is 14.9. The Kier molecular flexibility index (Phi) is 6.54. The molecule has 1 fully saturated rings. The molecular formula is C17H26N2O2. The Bertz CT molecular complexity index is 442. The number of nitrogens with zero attached hydrogens (tertiary/aromatic N) is 1. The number of carbonyl (C=O) groups excluding carboxylic acids is 1. The van der Waals surface area contributed by atoms with Gasteiger partial charge in [0.1, 0.15) is 5.75 Å². The molecule has 0 aliphatic carbocycles. The standard InChI is InChI=1S/C17H26N2O2/c1-21-16-9-4-3-8-15(16)14-17(20)18-10-7-13-19-11-5-2-6-12-19/h3-4,8-9H,2,5-7,10-14H2,1H3,(H,18,20). The molecule has 1 aromatic carbocycles. The SMILES string of the molecule is COc1ccccc1CC(=O)NCCCN1CCCCC1. The summed E-state index contributed by atoms with van der Waals surface area (Å²) in [5, 5.41) is 3.00. The van der Waals surface area contributed by atoms with Crippen molar-refractivity contribution in [3.05, 3.63) is 29.8 Å². The van der Waals surface area contributed by atoms with Gasteiger partial charge < -0.3 is 15.0 Å². The summed E-state index contributed by atoms with van der Waals surface area (Å²) in [5.74, 6) is 0.846. The van der Waals surface area contributed by atoms with Gasteiger partial charge in [-0.05, 0) is 45.0 Å². The number of methoxy groups -OCH3 is 1. The van der Waals surface area contributed by atoms with Crippen molar-refractivity contribution in [2.75, 3.05) is 33.3 Å². The molecule has 1 saturated heterocycles. The third-order valence-corrected chi connectivity index (χ3v) is 3.97. The molecule has 0 spiro atoms. The van der Waals surface area contributed by atoms with Crippen molar-refractivity contribution in [3.63, 3.8) is 0 Å². The Morgan fingerprint density at radius 3 is 2.76 bits per heavy atom. The molecule has 0 atom stereocenters. The highest BCUT2D eigenvalue weighted by Crippen LogP contribution is 2.17. The van der Waals surface area contributed by atoms with Gasteiger partial charge in [0.15, 0.2) is 0 Å². The molecule has 1 N–H and O–H groups in total. The average molecular weight is 290 g/mol. The minimum absolute atomic E-state index is 0.0677. The topological polar surface area (TPSA) is 41.6 Å². The van der Waals surface area contributed by atoms with E-state index in [1.54, 1.807) is 7.11 Å². The predicted octanol–water partition coefficient (Wildman–Crippen LogP) is 2.23. The fourth-order valence-corrected chi connectivity index (χ4v) is 2.80.